The third-order valence-corrected chi connectivity index (χ3v) is 4.23. The van der Waals surface area contributed by atoms with Crippen LogP contribution in [-0.4, -0.2) is 28.2 Å². The van der Waals surface area contributed by atoms with Crippen molar-refractivity contribution >= 4 is 40.4 Å². The van der Waals surface area contributed by atoms with Crippen LogP contribution in [0.2, 0.25) is 0 Å². The number of rotatable bonds is 7. The summed E-state index contributed by atoms with van der Waals surface area (Å²) in [5.74, 6) is 4.06. The summed E-state index contributed by atoms with van der Waals surface area (Å²) in [7, 11) is 0. The summed E-state index contributed by atoms with van der Waals surface area (Å²) in [5, 5.41) is 4.86. The molecule has 0 aliphatic heterocycles. The largest absolute Gasteiger partial charge is 0.365 e. The highest BCUT2D eigenvalue weighted by atomic mass is 19.1. The van der Waals surface area contributed by atoms with Crippen molar-refractivity contribution in [1.29, 1.82) is 0 Å². The van der Waals surface area contributed by atoms with Crippen LogP contribution in [0.5, 0.6) is 0 Å². The van der Waals surface area contributed by atoms with E-state index >= 15 is 0 Å². The molecule has 8 nitrogen and oxygen atoms in total. The quantitative estimate of drug-likeness (QED) is 0.325. The molecule has 0 saturated heterocycles. The van der Waals surface area contributed by atoms with Gasteiger partial charge >= 0.3 is 0 Å². The lowest BCUT2D eigenvalue weighted by Crippen LogP contribution is -2.41. The van der Waals surface area contributed by atoms with Crippen LogP contribution in [0, 0.1) is 5.82 Å². The fraction of sp³-hybridized carbons (Fsp3) is 0.158. The van der Waals surface area contributed by atoms with Crippen molar-refractivity contribution in [3.05, 3.63) is 54.0 Å². The van der Waals surface area contributed by atoms with Crippen LogP contribution >= 0.6 is 0 Å². The predicted octanol–water partition coefficient (Wildman–Crippen LogP) is 2.27. The first-order chi connectivity index (χ1) is 13.4. The first-order valence-electron chi connectivity index (χ1n) is 8.50. The number of nitrogens with one attached hydrogen (secondary N) is 1. The van der Waals surface area contributed by atoms with Gasteiger partial charge < -0.3 is 15.8 Å². The minimum Gasteiger partial charge on any atom is -0.365 e. The number of benzene rings is 1. The number of pyridine rings is 2. The Morgan fingerprint density at radius 2 is 2.11 bits per heavy atom. The molecule has 0 aliphatic rings. The van der Waals surface area contributed by atoms with Crippen LogP contribution in [-0.2, 0) is 4.79 Å². The summed E-state index contributed by atoms with van der Waals surface area (Å²) in [5.41, 5.74) is 6.57. The molecule has 2 aromatic heterocycles. The van der Waals surface area contributed by atoms with Crippen LogP contribution in [0.25, 0.3) is 10.9 Å². The molecular weight excluding hydrogens is 363 g/mol. The lowest BCUT2D eigenvalue weighted by Gasteiger charge is -2.25. The zero-order valence-electron chi connectivity index (χ0n) is 15.1. The topological polar surface area (TPSA) is 127 Å². The number of fused-ring (bicyclic) bond motifs is 1. The van der Waals surface area contributed by atoms with Gasteiger partial charge in [0.05, 0.1) is 29.0 Å². The Hall–Kier alpha value is -3.59. The number of hydrogen-bond donors (Lipinski definition) is 3. The Morgan fingerprint density at radius 1 is 1.36 bits per heavy atom. The summed E-state index contributed by atoms with van der Waals surface area (Å²) in [6.45, 7) is 1.65. The smallest absolute Gasteiger partial charge is 0.252 e. The second-order valence-corrected chi connectivity index (χ2v) is 6.25. The number of hydrogen-bond acceptors (Lipinski definition) is 7. The second kappa shape index (κ2) is 7.97. The van der Waals surface area contributed by atoms with E-state index in [9.17, 15) is 14.0 Å². The molecule has 3 rings (SSSR count). The zero-order chi connectivity index (χ0) is 20.3. The molecule has 2 heterocycles. The van der Waals surface area contributed by atoms with E-state index in [0.717, 1.165) is 22.0 Å². The molecule has 1 aromatic carbocycles. The molecule has 144 valence electrons. The zero-order valence-corrected chi connectivity index (χ0v) is 15.1. The molecule has 1 amide bonds. The molecule has 0 radical (unpaired) electrons. The second-order valence-electron chi connectivity index (χ2n) is 6.25. The molecule has 28 heavy (non-hydrogen) atoms. The van der Waals surface area contributed by atoms with Gasteiger partial charge in [-0.2, -0.15) is 0 Å². The number of para-hydroxylation sites is 1. The lowest BCUT2D eigenvalue weighted by atomic mass is 10.2. The first kappa shape index (κ1) is 19.2. The van der Waals surface area contributed by atoms with Gasteiger partial charge in [-0.05, 0) is 25.1 Å². The molecule has 0 aliphatic carbocycles. The molecule has 9 heteroatoms. The number of nitrogens with zero attached hydrogens (tertiary/aromatic N) is 3. The Bertz CT molecular complexity index is 1040. The van der Waals surface area contributed by atoms with Gasteiger partial charge in [-0.1, -0.05) is 18.2 Å². The molecule has 5 N–H and O–H groups in total. The van der Waals surface area contributed by atoms with Gasteiger partial charge in [0, 0.05) is 11.8 Å². The number of nitrogens with two attached hydrogens (primary N) is 2. The van der Waals surface area contributed by atoms with Crippen LogP contribution in [0.15, 0.2) is 42.6 Å². The van der Waals surface area contributed by atoms with Crippen LogP contribution in [0.4, 0.5) is 21.7 Å². The molecule has 1 atom stereocenters. The van der Waals surface area contributed by atoms with Crippen LogP contribution in [0.3, 0.4) is 0 Å². The van der Waals surface area contributed by atoms with E-state index in [1.807, 2.05) is 30.3 Å². The van der Waals surface area contributed by atoms with Crippen molar-refractivity contribution < 1.29 is 14.0 Å². The fourth-order valence-corrected chi connectivity index (χ4v) is 2.68. The highest BCUT2D eigenvalue weighted by Gasteiger charge is 2.21. The van der Waals surface area contributed by atoms with Gasteiger partial charge in [-0.3, -0.25) is 14.8 Å². The van der Waals surface area contributed by atoms with Gasteiger partial charge in [0.2, 0.25) is 0 Å². The average Bonchev–Trinajstić information content (AvgIpc) is 2.68. The van der Waals surface area contributed by atoms with E-state index in [-0.39, 0.29) is 23.6 Å². The van der Waals surface area contributed by atoms with Gasteiger partial charge in [0.1, 0.15) is 12.1 Å². The lowest BCUT2D eigenvalue weighted by molar-refractivity contribution is -0.108. The Morgan fingerprint density at radius 3 is 2.82 bits per heavy atom. The van der Waals surface area contributed by atoms with Crippen LogP contribution < -0.4 is 21.9 Å². The van der Waals surface area contributed by atoms with Crippen molar-refractivity contribution in [1.82, 2.24) is 9.97 Å². The molecule has 0 bridgehead atoms. The monoisotopic (exact) mass is 382 g/mol. The number of carbonyl (C=O) groups is 2. The summed E-state index contributed by atoms with van der Waals surface area (Å²) in [6, 6.07) is 9.78. The first-order valence-corrected chi connectivity index (χ1v) is 8.50. The molecule has 1 unspecified atom stereocenters. The number of hydrazine groups is 1. The summed E-state index contributed by atoms with van der Waals surface area (Å²) >= 11 is 0. The van der Waals surface area contributed by atoms with Crippen LogP contribution in [0.1, 0.15) is 23.7 Å². The Kier molecular flexibility index (Phi) is 5.46. The molecular formula is C19H19FN6O2. The van der Waals surface area contributed by atoms with Crippen molar-refractivity contribution in [2.75, 3.05) is 10.3 Å². The summed E-state index contributed by atoms with van der Waals surface area (Å²) in [6.07, 6.45) is 2.33. The van der Waals surface area contributed by atoms with Crippen molar-refractivity contribution in [3.63, 3.8) is 0 Å². The maximum Gasteiger partial charge on any atom is 0.252 e. The summed E-state index contributed by atoms with van der Waals surface area (Å²) < 4.78 is 14.5. The average molecular weight is 382 g/mol. The van der Waals surface area contributed by atoms with Crippen molar-refractivity contribution in [3.8, 4) is 0 Å². The van der Waals surface area contributed by atoms with E-state index < -0.39 is 17.8 Å². The number of aromatic nitrogens is 2. The maximum absolute atomic E-state index is 14.5. The Labute approximate surface area is 160 Å². The number of anilines is 3. The van der Waals surface area contributed by atoms with Crippen molar-refractivity contribution in [2.24, 2.45) is 11.6 Å². The van der Waals surface area contributed by atoms with Crippen molar-refractivity contribution in [2.45, 2.75) is 19.4 Å². The maximum atomic E-state index is 14.5. The third-order valence-electron chi connectivity index (χ3n) is 4.23. The standard InChI is InChI=1S/C19H19FN6O2/c1-11(6-7-27)26(22)19-15(20)9-14(17(21)28)18(25-19)24-13-8-12-4-2-3-5-16(12)23-10-13/h2-5,7-11H,6,22H2,1H3,(H2,21,28)(H,24,25). The van der Waals surface area contributed by atoms with E-state index in [0.29, 0.717) is 12.0 Å². The molecule has 0 spiro atoms. The number of primary amides is 1. The minimum absolute atomic E-state index is 0.0368. The highest BCUT2D eigenvalue weighted by Crippen LogP contribution is 2.27. The van der Waals surface area contributed by atoms with E-state index in [1.165, 1.54) is 0 Å². The Balaban J connectivity index is 2.02. The number of aldehydes is 1. The van der Waals surface area contributed by atoms with Gasteiger partial charge in [-0.15, -0.1) is 0 Å². The molecule has 0 fully saturated rings. The number of amides is 1. The minimum atomic E-state index is -0.848. The molecule has 3 aromatic rings. The summed E-state index contributed by atoms with van der Waals surface area (Å²) in [4.78, 5) is 30.9. The predicted molar refractivity (Wildman–Crippen MR) is 105 cm³/mol. The van der Waals surface area contributed by atoms with E-state index in [1.54, 1.807) is 13.1 Å². The van der Waals surface area contributed by atoms with Gasteiger partial charge in [0.15, 0.2) is 11.6 Å². The van der Waals surface area contributed by atoms with E-state index in [4.69, 9.17) is 11.6 Å². The number of halogens is 1. The molecule has 0 saturated carbocycles. The van der Waals surface area contributed by atoms with E-state index in [2.05, 4.69) is 15.3 Å². The SMILES string of the molecule is CC(CC=O)N(N)c1nc(Nc2cnc3ccccc3c2)c(C(N)=O)cc1F. The van der Waals surface area contributed by atoms with Gasteiger partial charge in [0.25, 0.3) is 5.91 Å². The highest BCUT2D eigenvalue weighted by molar-refractivity contribution is 5.99. The number of carbonyl (C=O) groups excluding carboxylic acids is 2. The van der Waals surface area contributed by atoms with Gasteiger partial charge in [-0.25, -0.2) is 15.2 Å². The fourth-order valence-electron chi connectivity index (χ4n) is 2.68. The normalized spacial score (nSPS) is 11.8. The third kappa shape index (κ3) is 3.89.